The van der Waals surface area contributed by atoms with Gasteiger partial charge in [-0.15, -0.1) is 0 Å². The van der Waals surface area contributed by atoms with Gasteiger partial charge in [0.1, 0.15) is 11.9 Å². The Morgan fingerprint density at radius 2 is 1.90 bits per heavy atom. The van der Waals surface area contributed by atoms with Crippen molar-refractivity contribution < 1.29 is 27.5 Å². The largest absolute Gasteiger partial charge is 0.474 e. The minimum Gasteiger partial charge on any atom is -0.474 e. The predicted molar refractivity (Wildman–Crippen MR) is 100 cm³/mol. The number of carbonyl (C=O) groups excluding carboxylic acids is 2. The zero-order valence-electron chi connectivity index (χ0n) is 15.9. The molecule has 1 unspecified atom stereocenters. The standard InChI is InChI=1S/C19H19F3N4O3/c1-10(16(27)24-12-7-5-4-6-11(12)19(20,21)22)26-15-13(8-9-14(23)25-15)29-18(2,3)17(26)28/h4-10H,1-3H3,(H2,23,25)(H,24,27). The summed E-state index contributed by atoms with van der Waals surface area (Å²) in [6.07, 6.45) is -4.65. The van der Waals surface area contributed by atoms with Crippen LogP contribution in [0.3, 0.4) is 0 Å². The van der Waals surface area contributed by atoms with Gasteiger partial charge in [0.05, 0.1) is 11.3 Å². The van der Waals surface area contributed by atoms with E-state index in [1.807, 2.05) is 0 Å². The number of amides is 2. The first-order valence-corrected chi connectivity index (χ1v) is 8.68. The molecule has 7 nitrogen and oxygen atoms in total. The summed E-state index contributed by atoms with van der Waals surface area (Å²) in [7, 11) is 0. The molecule has 0 spiro atoms. The highest BCUT2D eigenvalue weighted by atomic mass is 19.4. The maximum absolute atomic E-state index is 13.2. The number of nitrogens with one attached hydrogen (secondary N) is 1. The van der Waals surface area contributed by atoms with Crippen LogP contribution in [0.4, 0.5) is 30.5 Å². The molecule has 3 rings (SSSR count). The molecule has 3 N–H and O–H groups in total. The van der Waals surface area contributed by atoms with Gasteiger partial charge in [0.15, 0.2) is 17.2 Å². The number of nitrogen functional groups attached to an aromatic ring is 1. The SMILES string of the molecule is CC(C(=O)Nc1ccccc1C(F)(F)F)N1C(=O)C(C)(C)Oc2ccc(N)nc21. The van der Waals surface area contributed by atoms with Gasteiger partial charge < -0.3 is 15.8 Å². The van der Waals surface area contributed by atoms with E-state index in [4.69, 9.17) is 10.5 Å². The molecule has 10 heteroatoms. The van der Waals surface area contributed by atoms with Gasteiger partial charge in [-0.05, 0) is 45.0 Å². The molecule has 0 bridgehead atoms. The third-order valence-electron chi connectivity index (χ3n) is 4.45. The molecule has 0 saturated carbocycles. The third kappa shape index (κ3) is 3.82. The lowest BCUT2D eigenvalue weighted by Gasteiger charge is -2.40. The summed E-state index contributed by atoms with van der Waals surface area (Å²) in [5, 5.41) is 2.25. The van der Waals surface area contributed by atoms with E-state index < -0.39 is 40.9 Å². The number of halogens is 3. The van der Waals surface area contributed by atoms with Gasteiger partial charge in [0.2, 0.25) is 5.91 Å². The van der Waals surface area contributed by atoms with Gasteiger partial charge in [-0.25, -0.2) is 4.98 Å². The molecule has 2 aromatic rings. The van der Waals surface area contributed by atoms with E-state index in [9.17, 15) is 22.8 Å². The maximum Gasteiger partial charge on any atom is 0.418 e. The number of nitrogens with zero attached hydrogens (tertiary/aromatic N) is 2. The molecule has 2 heterocycles. The zero-order chi connectivity index (χ0) is 21.6. The first kappa shape index (κ1) is 20.4. The van der Waals surface area contributed by atoms with Gasteiger partial charge in [-0.3, -0.25) is 14.5 Å². The normalized spacial score (nSPS) is 16.6. The van der Waals surface area contributed by atoms with Crippen LogP contribution < -0.4 is 20.7 Å². The first-order chi connectivity index (χ1) is 13.4. The first-order valence-electron chi connectivity index (χ1n) is 8.68. The lowest BCUT2D eigenvalue weighted by molar-refractivity contribution is -0.137. The lowest BCUT2D eigenvalue weighted by atomic mass is 10.0. The molecule has 2 amide bonds. The number of fused-ring (bicyclic) bond motifs is 1. The summed E-state index contributed by atoms with van der Waals surface area (Å²) in [5.74, 6) is -1.03. The van der Waals surface area contributed by atoms with Crippen LogP contribution in [0.1, 0.15) is 26.3 Å². The predicted octanol–water partition coefficient (Wildman–Crippen LogP) is 3.21. The smallest absolute Gasteiger partial charge is 0.418 e. The molecule has 0 aliphatic carbocycles. The van der Waals surface area contributed by atoms with E-state index in [1.165, 1.54) is 45.0 Å². The molecule has 1 aromatic carbocycles. The van der Waals surface area contributed by atoms with Gasteiger partial charge in [-0.1, -0.05) is 12.1 Å². The van der Waals surface area contributed by atoms with Gasteiger partial charge in [0.25, 0.3) is 5.91 Å². The van der Waals surface area contributed by atoms with E-state index in [0.717, 1.165) is 17.0 Å². The second-order valence-corrected chi connectivity index (χ2v) is 7.05. The van der Waals surface area contributed by atoms with E-state index in [0.29, 0.717) is 0 Å². The number of alkyl halides is 3. The fourth-order valence-corrected chi connectivity index (χ4v) is 2.96. The zero-order valence-corrected chi connectivity index (χ0v) is 15.9. The molecule has 1 aromatic heterocycles. The number of hydrogen-bond donors (Lipinski definition) is 2. The number of hydrogen-bond acceptors (Lipinski definition) is 5. The number of anilines is 3. The molecule has 0 radical (unpaired) electrons. The highest BCUT2D eigenvalue weighted by molar-refractivity contribution is 6.08. The molecule has 0 saturated heterocycles. The quantitative estimate of drug-likeness (QED) is 0.813. The van der Waals surface area contributed by atoms with Crippen LogP contribution in [-0.4, -0.2) is 28.4 Å². The summed E-state index contributed by atoms with van der Waals surface area (Å²) in [5.41, 5.74) is 3.00. The number of carbonyl (C=O) groups is 2. The number of para-hydroxylation sites is 1. The second-order valence-electron chi connectivity index (χ2n) is 7.05. The van der Waals surface area contributed by atoms with Crippen molar-refractivity contribution in [3.05, 3.63) is 42.0 Å². The van der Waals surface area contributed by atoms with Crippen LogP contribution in [0, 0.1) is 0 Å². The van der Waals surface area contributed by atoms with Crippen LogP contribution >= 0.6 is 0 Å². The summed E-state index contributed by atoms with van der Waals surface area (Å²) in [4.78, 5) is 30.8. The number of benzene rings is 1. The van der Waals surface area contributed by atoms with E-state index in [-0.39, 0.29) is 17.4 Å². The van der Waals surface area contributed by atoms with Crippen LogP contribution in [0.15, 0.2) is 36.4 Å². The Morgan fingerprint density at radius 1 is 1.24 bits per heavy atom. The minimum absolute atomic E-state index is 0.0288. The number of aromatic nitrogens is 1. The molecule has 1 aliphatic heterocycles. The topological polar surface area (TPSA) is 97.5 Å². The Morgan fingerprint density at radius 3 is 2.55 bits per heavy atom. The Kier molecular flexibility index (Phi) is 4.89. The molecule has 154 valence electrons. The Labute approximate surface area is 164 Å². The fourth-order valence-electron chi connectivity index (χ4n) is 2.96. The molecular weight excluding hydrogens is 389 g/mol. The van der Waals surface area contributed by atoms with Crippen molar-refractivity contribution in [3.63, 3.8) is 0 Å². The Bertz CT molecular complexity index is 975. The molecular formula is C19H19F3N4O3. The fraction of sp³-hybridized carbons (Fsp3) is 0.316. The van der Waals surface area contributed by atoms with Crippen molar-refractivity contribution in [2.45, 2.75) is 38.6 Å². The summed E-state index contributed by atoms with van der Waals surface area (Å²) >= 11 is 0. The average Bonchev–Trinajstić information content (AvgIpc) is 2.62. The van der Waals surface area contributed by atoms with Gasteiger partial charge in [-0.2, -0.15) is 13.2 Å². The van der Waals surface area contributed by atoms with Crippen LogP contribution in [0.25, 0.3) is 0 Å². The minimum atomic E-state index is -4.65. The average molecular weight is 408 g/mol. The van der Waals surface area contributed by atoms with Crippen molar-refractivity contribution in [2.75, 3.05) is 16.0 Å². The molecule has 0 fully saturated rings. The molecule has 1 atom stereocenters. The Balaban J connectivity index is 1.96. The third-order valence-corrected chi connectivity index (χ3v) is 4.45. The maximum atomic E-state index is 13.2. The van der Waals surface area contributed by atoms with E-state index in [1.54, 1.807) is 0 Å². The van der Waals surface area contributed by atoms with Crippen molar-refractivity contribution in [3.8, 4) is 5.75 Å². The van der Waals surface area contributed by atoms with Crippen molar-refractivity contribution in [1.82, 2.24) is 4.98 Å². The number of pyridine rings is 1. The monoisotopic (exact) mass is 408 g/mol. The van der Waals surface area contributed by atoms with Crippen molar-refractivity contribution >= 4 is 29.1 Å². The van der Waals surface area contributed by atoms with Crippen molar-refractivity contribution in [1.29, 1.82) is 0 Å². The molecule has 29 heavy (non-hydrogen) atoms. The van der Waals surface area contributed by atoms with Crippen LogP contribution in [0.2, 0.25) is 0 Å². The lowest BCUT2D eigenvalue weighted by Crippen LogP contribution is -2.58. The number of rotatable bonds is 3. The highest BCUT2D eigenvalue weighted by Gasteiger charge is 2.45. The van der Waals surface area contributed by atoms with E-state index >= 15 is 0 Å². The number of ether oxygens (including phenoxy) is 1. The van der Waals surface area contributed by atoms with Gasteiger partial charge >= 0.3 is 6.18 Å². The highest BCUT2D eigenvalue weighted by Crippen LogP contribution is 2.39. The summed E-state index contributed by atoms with van der Waals surface area (Å²) in [6, 6.07) is 6.41. The van der Waals surface area contributed by atoms with Crippen LogP contribution in [0.5, 0.6) is 5.75 Å². The Hall–Kier alpha value is -3.30. The van der Waals surface area contributed by atoms with Gasteiger partial charge in [0, 0.05) is 0 Å². The summed E-state index contributed by atoms with van der Waals surface area (Å²) < 4.78 is 45.2. The van der Waals surface area contributed by atoms with E-state index in [2.05, 4.69) is 10.3 Å². The van der Waals surface area contributed by atoms with Crippen LogP contribution in [-0.2, 0) is 15.8 Å². The van der Waals surface area contributed by atoms with Crippen molar-refractivity contribution in [2.24, 2.45) is 0 Å². The second kappa shape index (κ2) is 6.94. The number of nitrogens with two attached hydrogens (primary N) is 1. The summed E-state index contributed by atoms with van der Waals surface area (Å²) in [6.45, 7) is 4.43. The molecule has 1 aliphatic rings.